The highest BCUT2D eigenvalue weighted by atomic mass is 32.2. The van der Waals surface area contributed by atoms with Crippen LogP contribution in [0.3, 0.4) is 0 Å². The summed E-state index contributed by atoms with van der Waals surface area (Å²) >= 11 is 0. The minimum absolute atomic E-state index is 0.147. The second-order valence-corrected chi connectivity index (χ2v) is 6.44. The number of hydrogen-bond donors (Lipinski definition) is 2. The van der Waals surface area contributed by atoms with Crippen LogP contribution in [0, 0.1) is 13.8 Å². The van der Waals surface area contributed by atoms with Gasteiger partial charge in [-0.25, -0.2) is 13.2 Å². The zero-order valence-electron chi connectivity index (χ0n) is 11.6. The van der Waals surface area contributed by atoms with Gasteiger partial charge >= 0.3 is 5.97 Å². The zero-order chi connectivity index (χ0) is 15.6. The van der Waals surface area contributed by atoms with E-state index < -0.39 is 16.0 Å². The summed E-state index contributed by atoms with van der Waals surface area (Å²) in [6, 6.07) is 10.8. The summed E-state index contributed by atoms with van der Waals surface area (Å²) in [6.07, 6.45) is 0. The summed E-state index contributed by atoms with van der Waals surface area (Å²) in [5.74, 6) is -1.04. The maximum Gasteiger partial charge on any atom is 0.335 e. The third-order valence-electron chi connectivity index (χ3n) is 3.04. The highest BCUT2D eigenvalue weighted by Crippen LogP contribution is 2.19. The minimum Gasteiger partial charge on any atom is -0.478 e. The topological polar surface area (TPSA) is 83.5 Å². The molecule has 0 saturated heterocycles. The Morgan fingerprint density at radius 1 is 1.05 bits per heavy atom. The van der Waals surface area contributed by atoms with Gasteiger partial charge in [0.25, 0.3) is 10.0 Å². The number of anilines is 1. The molecule has 0 aromatic heterocycles. The smallest absolute Gasteiger partial charge is 0.335 e. The van der Waals surface area contributed by atoms with Gasteiger partial charge in [-0.3, -0.25) is 4.72 Å². The normalized spacial score (nSPS) is 11.1. The van der Waals surface area contributed by atoms with Crippen LogP contribution >= 0.6 is 0 Å². The van der Waals surface area contributed by atoms with Gasteiger partial charge in [0.05, 0.1) is 10.5 Å². The largest absolute Gasteiger partial charge is 0.478 e. The number of carboxylic acids is 1. The summed E-state index contributed by atoms with van der Waals surface area (Å²) in [5.41, 5.74) is 1.94. The van der Waals surface area contributed by atoms with Crippen molar-refractivity contribution in [1.82, 2.24) is 0 Å². The number of aryl methyl sites for hydroxylation is 2. The van der Waals surface area contributed by atoms with Crippen LogP contribution in [0.25, 0.3) is 0 Å². The van der Waals surface area contributed by atoms with E-state index in [0.717, 1.165) is 5.56 Å². The van der Waals surface area contributed by atoms with Gasteiger partial charge in [0.2, 0.25) is 0 Å². The Kier molecular flexibility index (Phi) is 3.99. The first-order chi connectivity index (χ1) is 9.79. The molecule has 0 saturated carbocycles. The van der Waals surface area contributed by atoms with Crippen molar-refractivity contribution in [3.05, 3.63) is 59.2 Å². The van der Waals surface area contributed by atoms with Crippen molar-refractivity contribution < 1.29 is 18.3 Å². The maximum absolute atomic E-state index is 12.2. The highest BCUT2D eigenvalue weighted by molar-refractivity contribution is 7.92. The number of carboxylic acid groups (broad SMARTS) is 1. The Balaban J connectivity index is 2.31. The van der Waals surface area contributed by atoms with Crippen molar-refractivity contribution >= 4 is 21.7 Å². The fourth-order valence-corrected chi connectivity index (χ4v) is 2.95. The second-order valence-electron chi connectivity index (χ2n) is 4.75. The monoisotopic (exact) mass is 305 g/mol. The van der Waals surface area contributed by atoms with E-state index in [1.165, 1.54) is 30.3 Å². The number of rotatable bonds is 4. The standard InChI is InChI=1S/C15H15NO4S/c1-10-3-6-13(7-4-10)21(19,20)16-12-5-8-14(15(17)18)11(2)9-12/h3-9,16H,1-2H3,(H,17,18). The number of hydrogen-bond acceptors (Lipinski definition) is 3. The van der Waals surface area contributed by atoms with E-state index in [4.69, 9.17) is 5.11 Å². The molecule has 2 rings (SSSR count). The van der Waals surface area contributed by atoms with E-state index >= 15 is 0 Å². The number of nitrogens with one attached hydrogen (secondary N) is 1. The van der Waals surface area contributed by atoms with Gasteiger partial charge in [-0.2, -0.15) is 0 Å². The quantitative estimate of drug-likeness (QED) is 0.909. The van der Waals surface area contributed by atoms with Crippen LogP contribution in [0.15, 0.2) is 47.4 Å². The lowest BCUT2D eigenvalue weighted by Crippen LogP contribution is -2.13. The van der Waals surface area contributed by atoms with Gasteiger partial charge in [0.1, 0.15) is 0 Å². The van der Waals surface area contributed by atoms with E-state index in [1.54, 1.807) is 19.1 Å². The molecule has 0 radical (unpaired) electrons. The average molecular weight is 305 g/mol. The number of benzene rings is 2. The first-order valence-electron chi connectivity index (χ1n) is 6.23. The van der Waals surface area contributed by atoms with E-state index in [0.29, 0.717) is 11.3 Å². The van der Waals surface area contributed by atoms with E-state index in [2.05, 4.69) is 4.72 Å². The van der Waals surface area contributed by atoms with Crippen LogP contribution in [0.1, 0.15) is 21.5 Å². The molecule has 0 bridgehead atoms. The molecule has 0 aliphatic carbocycles. The highest BCUT2D eigenvalue weighted by Gasteiger charge is 2.15. The molecule has 0 amide bonds. The SMILES string of the molecule is Cc1ccc(S(=O)(=O)Nc2ccc(C(=O)O)c(C)c2)cc1. The maximum atomic E-state index is 12.2. The molecule has 0 aliphatic heterocycles. The molecule has 110 valence electrons. The van der Waals surface area contributed by atoms with Crippen molar-refractivity contribution in [3.8, 4) is 0 Å². The third-order valence-corrected chi connectivity index (χ3v) is 4.44. The first-order valence-corrected chi connectivity index (χ1v) is 7.71. The molecule has 0 aliphatic rings. The molecule has 0 heterocycles. The van der Waals surface area contributed by atoms with Gasteiger partial charge in [-0.1, -0.05) is 17.7 Å². The lowest BCUT2D eigenvalue weighted by molar-refractivity contribution is 0.0696. The van der Waals surface area contributed by atoms with Gasteiger partial charge in [-0.15, -0.1) is 0 Å². The Morgan fingerprint density at radius 3 is 2.19 bits per heavy atom. The molecular formula is C15H15NO4S. The fraction of sp³-hybridized carbons (Fsp3) is 0.133. The van der Waals surface area contributed by atoms with Crippen LogP contribution in [-0.2, 0) is 10.0 Å². The Labute approximate surface area is 123 Å². The lowest BCUT2D eigenvalue weighted by atomic mass is 10.1. The summed E-state index contributed by atoms with van der Waals surface area (Å²) < 4.78 is 26.9. The molecule has 0 fully saturated rings. The van der Waals surface area contributed by atoms with Gasteiger partial charge in [0.15, 0.2) is 0 Å². The fourth-order valence-electron chi connectivity index (χ4n) is 1.90. The van der Waals surface area contributed by atoms with E-state index in [1.807, 2.05) is 6.92 Å². The summed E-state index contributed by atoms with van der Waals surface area (Å²) in [5, 5.41) is 8.95. The number of aromatic carboxylic acids is 1. The van der Waals surface area contributed by atoms with Crippen molar-refractivity contribution in [2.45, 2.75) is 18.7 Å². The van der Waals surface area contributed by atoms with Gasteiger partial charge < -0.3 is 5.11 Å². The molecule has 0 spiro atoms. The number of sulfonamides is 1. The molecule has 21 heavy (non-hydrogen) atoms. The van der Waals surface area contributed by atoms with E-state index in [-0.39, 0.29) is 10.5 Å². The molecule has 2 N–H and O–H groups in total. The Bertz CT molecular complexity index is 780. The summed E-state index contributed by atoms with van der Waals surface area (Å²) in [6.45, 7) is 3.49. The summed E-state index contributed by atoms with van der Waals surface area (Å²) in [7, 11) is -3.68. The van der Waals surface area contributed by atoms with Gasteiger partial charge in [0, 0.05) is 5.69 Å². The van der Waals surface area contributed by atoms with Crippen molar-refractivity contribution in [2.75, 3.05) is 4.72 Å². The predicted octanol–water partition coefficient (Wildman–Crippen LogP) is 2.80. The minimum atomic E-state index is -3.68. The molecule has 0 unspecified atom stereocenters. The first kappa shape index (κ1) is 15.1. The van der Waals surface area contributed by atoms with Gasteiger partial charge in [-0.05, 0) is 49.7 Å². The lowest BCUT2D eigenvalue weighted by Gasteiger charge is -2.10. The predicted molar refractivity (Wildman–Crippen MR) is 80.1 cm³/mol. The molecule has 0 atom stereocenters. The van der Waals surface area contributed by atoms with Crippen LogP contribution in [0.2, 0.25) is 0 Å². The van der Waals surface area contributed by atoms with Crippen LogP contribution < -0.4 is 4.72 Å². The molecule has 2 aromatic carbocycles. The molecule has 6 heteroatoms. The Hall–Kier alpha value is -2.34. The van der Waals surface area contributed by atoms with Crippen molar-refractivity contribution in [1.29, 1.82) is 0 Å². The molecule has 5 nitrogen and oxygen atoms in total. The third kappa shape index (κ3) is 3.41. The average Bonchev–Trinajstić information content (AvgIpc) is 2.38. The molecular weight excluding hydrogens is 290 g/mol. The van der Waals surface area contributed by atoms with Crippen LogP contribution in [-0.4, -0.2) is 19.5 Å². The Morgan fingerprint density at radius 2 is 1.67 bits per heavy atom. The van der Waals surface area contributed by atoms with Crippen molar-refractivity contribution in [3.63, 3.8) is 0 Å². The van der Waals surface area contributed by atoms with Crippen LogP contribution in [0.5, 0.6) is 0 Å². The zero-order valence-corrected chi connectivity index (χ0v) is 12.4. The number of carbonyl (C=O) groups is 1. The van der Waals surface area contributed by atoms with E-state index in [9.17, 15) is 13.2 Å². The van der Waals surface area contributed by atoms with Crippen LogP contribution in [0.4, 0.5) is 5.69 Å². The summed E-state index contributed by atoms with van der Waals surface area (Å²) in [4.78, 5) is 11.1. The second kappa shape index (κ2) is 5.57. The van der Waals surface area contributed by atoms with Crippen molar-refractivity contribution in [2.24, 2.45) is 0 Å². The molecule has 2 aromatic rings.